The van der Waals surface area contributed by atoms with Gasteiger partial charge >= 0.3 is 0 Å². The predicted octanol–water partition coefficient (Wildman–Crippen LogP) is 1.28. The molecule has 1 saturated heterocycles. The van der Waals surface area contributed by atoms with E-state index in [-0.39, 0.29) is 23.9 Å². The van der Waals surface area contributed by atoms with Gasteiger partial charge in [0.1, 0.15) is 20.1 Å². The van der Waals surface area contributed by atoms with Crippen LogP contribution >= 0.6 is 0 Å². The van der Waals surface area contributed by atoms with Crippen LogP contribution in [-0.2, 0) is 13.9 Å². The van der Waals surface area contributed by atoms with Crippen molar-refractivity contribution in [2.45, 2.75) is 63.2 Å². The van der Waals surface area contributed by atoms with Crippen LogP contribution in [0.3, 0.4) is 0 Å². The van der Waals surface area contributed by atoms with Crippen molar-refractivity contribution in [3.63, 3.8) is 0 Å². The summed E-state index contributed by atoms with van der Waals surface area (Å²) in [5, 5.41) is 9.36. The monoisotopic (exact) mass is 272 g/mol. The molecular weight excluding hydrogens is 247 g/mol. The first-order valence-electron chi connectivity index (χ1n) is 6.36. The quantitative estimate of drug-likeness (QED) is 0.783. The van der Waals surface area contributed by atoms with Crippen LogP contribution in [0.2, 0.25) is 18.1 Å². The summed E-state index contributed by atoms with van der Waals surface area (Å²) in [4.78, 5) is 0. The van der Waals surface area contributed by atoms with E-state index >= 15 is 0 Å². The highest BCUT2D eigenvalue weighted by Gasteiger charge is 2.48. The molecule has 1 rings (SSSR count). The summed E-state index contributed by atoms with van der Waals surface area (Å²) in [6.45, 7) is 10.7. The molecule has 1 unspecified atom stereocenters. The van der Waals surface area contributed by atoms with Crippen molar-refractivity contribution >= 4 is 16.2 Å². The van der Waals surface area contributed by atoms with Crippen LogP contribution in [0.4, 0.5) is 0 Å². The molecule has 4 atom stereocenters. The van der Waals surface area contributed by atoms with Gasteiger partial charge in [0.05, 0.1) is 12.7 Å². The van der Waals surface area contributed by atoms with Crippen molar-refractivity contribution < 1.29 is 19.0 Å². The Labute approximate surface area is 113 Å². The third-order valence-electron chi connectivity index (χ3n) is 4.03. The third kappa shape index (κ3) is 3.17. The van der Waals surface area contributed by atoms with Crippen molar-refractivity contribution in [3.05, 3.63) is 0 Å². The summed E-state index contributed by atoms with van der Waals surface area (Å²) in [6.07, 6.45) is -1.02. The van der Waals surface area contributed by atoms with Gasteiger partial charge in [0, 0.05) is 13.1 Å². The molecule has 4 nitrogen and oxygen atoms in total. The van der Waals surface area contributed by atoms with Gasteiger partial charge in [-0.3, -0.25) is 0 Å². The second kappa shape index (κ2) is 5.63. The van der Waals surface area contributed by atoms with E-state index in [1.807, 2.05) is 0 Å². The highest BCUT2D eigenvalue weighted by atomic mass is 28.4. The van der Waals surface area contributed by atoms with Crippen LogP contribution in [0.15, 0.2) is 0 Å². The average molecular weight is 272 g/mol. The largest absolute Gasteiger partial charge is 0.409 e. The smallest absolute Gasteiger partial charge is 0.192 e. The molecule has 1 heterocycles. The van der Waals surface area contributed by atoms with Crippen molar-refractivity contribution in [2.75, 3.05) is 13.7 Å². The normalized spacial score (nSPS) is 33.9. The molecule has 104 valence electrons. The Balaban J connectivity index is 2.82. The van der Waals surface area contributed by atoms with Crippen LogP contribution in [0, 0.1) is 0 Å². The molecule has 18 heavy (non-hydrogen) atoms. The molecule has 0 aliphatic carbocycles. The molecule has 0 saturated carbocycles. The number of rotatable bonds is 4. The zero-order chi connectivity index (χ0) is 14.1. The summed E-state index contributed by atoms with van der Waals surface area (Å²) in [7, 11) is 5.61. The standard InChI is InChI=1S/C12H25BO4Si/c1-12(2,3)18(5,6)17-10-9(15-4)8(7-14)16-11(10)13/h8-11,14H,7H2,1-6H3/t8-,9+,10?,11-/m1/s1. The molecule has 0 aromatic rings. The van der Waals surface area contributed by atoms with Crippen LogP contribution in [0.1, 0.15) is 20.8 Å². The number of hydrogen-bond acceptors (Lipinski definition) is 4. The van der Waals surface area contributed by atoms with Crippen LogP contribution in [0.25, 0.3) is 0 Å². The van der Waals surface area contributed by atoms with Gasteiger partial charge in [-0.25, -0.2) is 0 Å². The number of ether oxygens (including phenoxy) is 2. The molecule has 1 aliphatic heterocycles. The second-order valence-electron chi connectivity index (χ2n) is 6.36. The minimum absolute atomic E-state index is 0.0995. The Morgan fingerprint density at radius 2 is 1.83 bits per heavy atom. The molecule has 1 aliphatic rings. The summed E-state index contributed by atoms with van der Waals surface area (Å²) in [5.74, 6) is 0. The first kappa shape index (κ1) is 16.2. The predicted molar refractivity (Wildman–Crippen MR) is 74.4 cm³/mol. The fourth-order valence-corrected chi connectivity index (χ4v) is 3.14. The Morgan fingerprint density at radius 1 is 1.28 bits per heavy atom. The molecule has 0 amide bonds. The Kier molecular flexibility index (Phi) is 5.06. The van der Waals surface area contributed by atoms with Gasteiger partial charge in [0.25, 0.3) is 0 Å². The van der Waals surface area contributed by atoms with Crippen molar-refractivity contribution in [3.8, 4) is 0 Å². The van der Waals surface area contributed by atoms with E-state index in [0.717, 1.165) is 0 Å². The lowest BCUT2D eigenvalue weighted by Crippen LogP contribution is -2.50. The topological polar surface area (TPSA) is 47.9 Å². The summed E-state index contributed by atoms with van der Waals surface area (Å²) in [6, 6.07) is -0.541. The average Bonchev–Trinajstić information content (AvgIpc) is 2.53. The third-order valence-corrected chi connectivity index (χ3v) is 8.51. The van der Waals surface area contributed by atoms with Gasteiger partial charge in [-0.15, -0.1) is 0 Å². The lowest BCUT2D eigenvalue weighted by molar-refractivity contribution is -0.0301. The van der Waals surface area contributed by atoms with E-state index < -0.39 is 20.4 Å². The fourth-order valence-electron chi connectivity index (χ4n) is 1.84. The van der Waals surface area contributed by atoms with Gasteiger partial charge in [-0.1, -0.05) is 20.8 Å². The van der Waals surface area contributed by atoms with E-state index in [9.17, 15) is 5.11 Å². The van der Waals surface area contributed by atoms with Crippen molar-refractivity contribution in [2.24, 2.45) is 0 Å². The van der Waals surface area contributed by atoms with Gasteiger partial charge in [-0.2, -0.15) is 0 Å². The van der Waals surface area contributed by atoms with Crippen LogP contribution in [-0.4, -0.2) is 59.3 Å². The molecule has 2 radical (unpaired) electrons. The highest BCUT2D eigenvalue weighted by molar-refractivity contribution is 6.74. The molecule has 0 bridgehead atoms. The first-order valence-corrected chi connectivity index (χ1v) is 9.27. The molecule has 0 aromatic carbocycles. The number of aliphatic hydroxyl groups is 1. The summed E-state index contributed by atoms with van der Waals surface area (Å²) in [5.41, 5.74) is 0. The fraction of sp³-hybridized carbons (Fsp3) is 1.00. The van der Waals surface area contributed by atoms with E-state index in [1.54, 1.807) is 7.11 Å². The maximum atomic E-state index is 9.26. The minimum atomic E-state index is -1.93. The Morgan fingerprint density at radius 3 is 2.22 bits per heavy atom. The molecule has 6 heteroatoms. The zero-order valence-corrected chi connectivity index (χ0v) is 13.3. The van der Waals surface area contributed by atoms with E-state index in [4.69, 9.17) is 21.7 Å². The van der Waals surface area contributed by atoms with Crippen LogP contribution < -0.4 is 0 Å². The number of methoxy groups -OCH3 is 1. The maximum Gasteiger partial charge on any atom is 0.192 e. The lowest BCUT2D eigenvalue weighted by atomic mass is 9.93. The molecule has 0 aromatic heterocycles. The molecule has 0 spiro atoms. The second-order valence-corrected chi connectivity index (χ2v) is 11.1. The van der Waals surface area contributed by atoms with Crippen molar-refractivity contribution in [1.82, 2.24) is 0 Å². The Bertz CT molecular complexity index is 280. The summed E-state index contributed by atoms with van der Waals surface area (Å²) >= 11 is 0. The van der Waals surface area contributed by atoms with E-state index in [1.165, 1.54) is 0 Å². The van der Waals surface area contributed by atoms with Gasteiger partial charge in [-0.05, 0) is 18.1 Å². The van der Waals surface area contributed by atoms with Crippen molar-refractivity contribution in [1.29, 1.82) is 0 Å². The van der Waals surface area contributed by atoms with E-state index in [2.05, 4.69) is 33.9 Å². The molecule has 1 N–H and O–H groups in total. The number of hydrogen-bond donors (Lipinski definition) is 1. The van der Waals surface area contributed by atoms with Gasteiger partial charge in [0.2, 0.25) is 0 Å². The minimum Gasteiger partial charge on any atom is -0.409 e. The zero-order valence-electron chi connectivity index (χ0n) is 12.3. The highest BCUT2D eigenvalue weighted by Crippen LogP contribution is 2.39. The van der Waals surface area contributed by atoms with Gasteiger partial charge < -0.3 is 19.0 Å². The van der Waals surface area contributed by atoms with Gasteiger partial charge in [0.15, 0.2) is 8.32 Å². The number of aliphatic hydroxyl groups excluding tert-OH is 1. The van der Waals surface area contributed by atoms with E-state index in [0.29, 0.717) is 0 Å². The molecular formula is C12H25BO4Si. The maximum absolute atomic E-state index is 9.26. The summed E-state index contributed by atoms with van der Waals surface area (Å²) < 4.78 is 17.1. The lowest BCUT2D eigenvalue weighted by Gasteiger charge is -2.40. The Hall–Kier alpha value is 0.122. The van der Waals surface area contributed by atoms with Crippen LogP contribution in [0.5, 0.6) is 0 Å². The molecule has 1 fully saturated rings. The first-order chi connectivity index (χ1) is 8.14. The SMILES string of the molecule is [B][C@@H]1O[C@H](CO)[C@H](OC)C1O[Si](C)(C)C(C)(C)C.